The van der Waals surface area contributed by atoms with E-state index in [-0.39, 0.29) is 42.4 Å². The summed E-state index contributed by atoms with van der Waals surface area (Å²) >= 11 is 0. The van der Waals surface area contributed by atoms with Gasteiger partial charge in [0.05, 0.1) is 31.7 Å². The first kappa shape index (κ1) is 24.8. The third-order valence-electron chi connectivity index (χ3n) is 3.30. The van der Waals surface area contributed by atoms with Crippen LogP contribution in [0.5, 0.6) is 0 Å². The molecule has 0 aliphatic carbocycles. The van der Waals surface area contributed by atoms with Crippen LogP contribution in [-0.2, 0) is 24.0 Å². The van der Waals surface area contributed by atoms with E-state index in [4.69, 9.17) is 14.2 Å². The van der Waals surface area contributed by atoms with Gasteiger partial charge in [0, 0.05) is 39.1 Å². The van der Waals surface area contributed by atoms with Crippen LogP contribution in [0.1, 0.15) is 19.8 Å². The highest BCUT2D eigenvalue weighted by Crippen LogP contribution is 2.07. The van der Waals surface area contributed by atoms with Gasteiger partial charge >= 0.3 is 0 Å². The molecule has 1 saturated heterocycles. The normalized spacial score (nSPS) is 18.0. The number of hydrogen-bond acceptors (Lipinski definition) is 6. The topological polar surface area (TPSA) is 98.2 Å². The van der Waals surface area contributed by atoms with Crippen molar-refractivity contribution in [3.8, 4) is 0 Å². The van der Waals surface area contributed by atoms with Crippen LogP contribution in [0.2, 0.25) is 0 Å². The van der Waals surface area contributed by atoms with E-state index in [9.17, 15) is 8.42 Å². The molecule has 0 bridgehead atoms. The van der Waals surface area contributed by atoms with Gasteiger partial charge in [0.15, 0.2) is 5.96 Å². The van der Waals surface area contributed by atoms with E-state index >= 15 is 0 Å². The number of nitrogens with zero attached hydrogens (tertiary/aromatic N) is 1. The molecular formula is C15H32IN3O5S. The summed E-state index contributed by atoms with van der Waals surface area (Å²) in [4.78, 5) is 4.47. The van der Waals surface area contributed by atoms with Crippen molar-refractivity contribution >= 4 is 39.8 Å². The maximum Gasteiger partial charge on any atom is 0.191 e. The minimum atomic E-state index is -2.96. The lowest BCUT2D eigenvalue weighted by Crippen LogP contribution is -2.39. The molecule has 1 fully saturated rings. The van der Waals surface area contributed by atoms with Gasteiger partial charge < -0.3 is 24.8 Å². The minimum absolute atomic E-state index is 0. The van der Waals surface area contributed by atoms with Crippen LogP contribution in [0.3, 0.4) is 0 Å². The quantitative estimate of drug-likeness (QED) is 0.176. The Morgan fingerprint density at radius 2 is 2.08 bits per heavy atom. The lowest BCUT2D eigenvalue weighted by molar-refractivity contribution is 0.0424. The molecule has 1 atom stereocenters. The summed E-state index contributed by atoms with van der Waals surface area (Å²) in [5.74, 6) is 0.779. The molecule has 1 aliphatic rings. The molecule has 0 spiro atoms. The third kappa shape index (κ3) is 14.7. The van der Waals surface area contributed by atoms with Crippen LogP contribution in [0.15, 0.2) is 4.99 Å². The van der Waals surface area contributed by atoms with Gasteiger partial charge in [-0.1, -0.05) is 0 Å². The molecule has 1 aliphatic heterocycles. The van der Waals surface area contributed by atoms with Gasteiger partial charge in [-0.05, 0) is 19.8 Å². The van der Waals surface area contributed by atoms with E-state index in [2.05, 4.69) is 15.6 Å². The fourth-order valence-corrected chi connectivity index (χ4v) is 2.47. The molecule has 1 heterocycles. The van der Waals surface area contributed by atoms with E-state index in [1.807, 2.05) is 6.92 Å². The van der Waals surface area contributed by atoms with Crippen molar-refractivity contribution in [2.45, 2.75) is 25.9 Å². The average Bonchev–Trinajstić information content (AvgIpc) is 3.02. The number of sulfone groups is 1. The Bertz CT molecular complexity index is 456. The van der Waals surface area contributed by atoms with Crippen molar-refractivity contribution in [3.05, 3.63) is 0 Å². The van der Waals surface area contributed by atoms with Crippen LogP contribution < -0.4 is 10.6 Å². The Kier molecular flexibility index (Phi) is 14.8. The first-order valence-corrected chi connectivity index (χ1v) is 10.5. The molecule has 0 saturated carbocycles. The van der Waals surface area contributed by atoms with Crippen molar-refractivity contribution in [2.75, 3.05) is 64.7 Å². The van der Waals surface area contributed by atoms with Crippen LogP contribution >= 0.6 is 24.0 Å². The standard InChI is InChI=1S/C15H31N3O5S.HI/c1-3-16-15(18-7-10-21-11-12-24(2,19)20)17-6-4-8-23-14-5-9-22-13-14;/h14H,3-13H2,1-2H3,(H2,16,17,18);1H. The van der Waals surface area contributed by atoms with E-state index in [0.29, 0.717) is 32.9 Å². The second kappa shape index (κ2) is 14.9. The maximum absolute atomic E-state index is 11.0. The van der Waals surface area contributed by atoms with Gasteiger partial charge in [-0.2, -0.15) is 0 Å². The number of aliphatic imine (C=N–C) groups is 1. The van der Waals surface area contributed by atoms with E-state index in [1.165, 1.54) is 6.26 Å². The van der Waals surface area contributed by atoms with Gasteiger partial charge in [0.2, 0.25) is 0 Å². The average molecular weight is 493 g/mol. The number of nitrogens with one attached hydrogen (secondary N) is 2. The molecule has 10 heteroatoms. The highest BCUT2D eigenvalue weighted by Gasteiger charge is 2.15. The number of rotatable bonds is 12. The smallest absolute Gasteiger partial charge is 0.191 e. The predicted octanol–water partition coefficient (Wildman–Crippen LogP) is 0.416. The van der Waals surface area contributed by atoms with Crippen LogP contribution in [0, 0.1) is 0 Å². The summed E-state index contributed by atoms with van der Waals surface area (Å²) in [7, 11) is -2.96. The molecule has 8 nitrogen and oxygen atoms in total. The van der Waals surface area contributed by atoms with Crippen molar-refractivity contribution in [1.29, 1.82) is 0 Å². The first-order valence-electron chi connectivity index (χ1n) is 8.48. The lowest BCUT2D eigenvalue weighted by atomic mass is 10.3. The number of halogens is 1. The Balaban J connectivity index is 0.00000576. The van der Waals surface area contributed by atoms with Gasteiger partial charge in [-0.3, -0.25) is 4.99 Å². The lowest BCUT2D eigenvalue weighted by Gasteiger charge is -2.12. The zero-order valence-electron chi connectivity index (χ0n) is 15.2. The van der Waals surface area contributed by atoms with Crippen molar-refractivity contribution in [1.82, 2.24) is 10.6 Å². The van der Waals surface area contributed by atoms with E-state index in [1.54, 1.807) is 0 Å². The monoisotopic (exact) mass is 493 g/mol. The maximum atomic E-state index is 11.0. The summed E-state index contributed by atoms with van der Waals surface area (Å²) in [5.41, 5.74) is 0. The summed E-state index contributed by atoms with van der Waals surface area (Å²) in [6.45, 7) is 6.87. The molecule has 0 aromatic heterocycles. The zero-order chi connectivity index (χ0) is 17.7. The number of hydrogen-bond donors (Lipinski definition) is 2. The van der Waals surface area contributed by atoms with Gasteiger partial charge in [-0.25, -0.2) is 8.42 Å². The van der Waals surface area contributed by atoms with Crippen molar-refractivity contribution < 1.29 is 22.6 Å². The van der Waals surface area contributed by atoms with Gasteiger partial charge in [-0.15, -0.1) is 24.0 Å². The second-order valence-electron chi connectivity index (χ2n) is 5.64. The summed E-state index contributed by atoms with van der Waals surface area (Å²) < 4.78 is 38.2. The molecule has 25 heavy (non-hydrogen) atoms. The summed E-state index contributed by atoms with van der Waals surface area (Å²) in [6, 6.07) is 0. The molecule has 1 unspecified atom stereocenters. The molecule has 0 radical (unpaired) electrons. The van der Waals surface area contributed by atoms with E-state index in [0.717, 1.165) is 32.0 Å². The van der Waals surface area contributed by atoms with Crippen molar-refractivity contribution in [3.63, 3.8) is 0 Å². The molecular weight excluding hydrogens is 461 g/mol. The van der Waals surface area contributed by atoms with Gasteiger partial charge in [0.1, 0.15) is 9.84 Å². The molecule has 0 aromatic carbocycles. The second-order valence-corrected chi connectivity index (χ2v) is 7.90. The Morgan fingerprint density at radius 1 is 1.28 bits per heavy atom. The number of ether oxygens (including phenoxy) is 3. The molecule has 150 valence electrons. The minimum Gasteiger partial charge on any atom is -0.379 e. The molecule has 0 amide bonds. The van der Waals surface area contributed by atoms with Gasteiger partial charge in [0.25, 0.3) is 0 Å². The molecule has 2 N–H and O–H groups in total. The summed E-state index contributed by atoms with van der Waals surface area (Å²) in [6.07, 6.45) is 3.28. The third-order valence-corrected chi connectivity index (χ3v) is 4.20. The predicted molar refractivity (Wildman–Crippen MR) is 110 cm³/mol. The Hall–Kier alpha value is -0.170. The van der Waals surface area contributed by atoms with Crippen LogP contribution in [0.25, 0.3) is 0 Å². The molecule has 1 rings (SSSR count). The summed E-state index contributed by atoms with van der Waals surface area (Å²) in [5, 5.41) is 6.31. The fraction of sp³-hybridized carbons (Fsp3) is 0.933. The van der Waals surface area contributed by atoms with Crippen molar-refractivity contribution in [2.24, 2.45) is 4.99 Å². The SMILES string of the molecule is CCNC(=NCCCOC1CCOC1)NCCOCCS(C)(=O)=O.I. The zero-order valence-corrected chi connectivity index (χ0v) is 18.3. The first-order chi connectivity index (χ1) is 11.5. The van der Waals surface area contributed by atoms with E-state index < -0.39 is 9.84 Å². The van der Waals surface area contributed by atoms with Crippen LogP contribution in [0.4, 0.5) is 0 Å². The number of guanidine groups is 1. The Morgan fingerprint density at radius 3 is 2.72 bits per heavy atom. The molecule has 0 aromatic rings. The largest absolute Gasteiger partial charge is 0.379 e. The van der Waals surface area contributed by atoms with Crippen LogP contribution in [-0.4, -0.2) is 85.2 Å². The highest BCUT2D eigenvalue weighted by molar-refractivity contribution is 14.0. The Labute approximate surface area is 168 Å². The fourth-order valence-electron chi connectivity index (χ4n) is 2.05. The highest BCUT2D eigenvalue weighted by atomic mass is 127.